The molecule has 0 aliphatic rings. The number of methoxy groups -OCH3 is 1. The number of hydrogen-bond donors (Lipinski definition) is 2. The Kier molecular flexibility index (Phi) is 6.79. The average molecular weight is 358 g/mol. The third kappa shape index (κ3) is 5.18. The summed E-state index contributed by atoms with van der Waals surface area (Å²) in [5.41, 5.74) is 4.55. The lowest BCUT2D eigenvalue weighted by Crippen LogP contribution is -2.37. The molecule has 0 spiro atoms. The quantitative estimate of drug-likeness (QED) is 0.767. The van der Waals surface area contributed by atoms with Crippen LogP contribution in [0.1, 0.15) is 22.7 Å². The summed E-state index contributed by atoms with van der Waals surface area (Å²) in [5, 5.41) is 7.25. The van der Waals surface area contributed by atoms with Gasteiger partial charge in [0, 0.05) is 17.8 Å². The van der Waals surface area contributed by atoms with E-state index in [9.17, 15) is 0 Å². The standard InChI is InChI=1S/C20H27N3OS/c1-14-10-11-15(2)17(12-14)22-20(25)21-13-18(23(3)4)16-8-6-7-9-19(16)24-5/h6-12,18H,13H2,1-5H3,(H2,21,22,25)/t18-/m0/s1. The third-order valence-electron chi connectivity index (χ3n) is 4.22. The zero-order valence-corrected chi connectivity index (χ0v) is 16.4. The maximum Gasteiger partial charge on any atom is 0.170 e. The molecule has 0 saturated heterocycles. The first-order valence-corrected chi connectivity index (χ1v) is 8.74. The Bertz CT molecular complexity index is 731. The van der Waals surface area contributed by atoms with Gasteiger partial charge in [-0.1, -0.05) is 30.3 Å². The molecule has 2 aromatic rings. The summed E-state index contributed by atoms with van der Waals surface area (Å²) in [6, 6.07) is 14.5. The molecule has 134 valence electrons. The van der Waals surface area contributed by atoms with Crippen LogP contribution >= 0.6 is 12.2 Å². The number of nitrogens with one attached hydrogen (secondary N) is 2. The van der Waals surface area contributed by atoms with Crippen molar-refractivity contribution in [3.8, 4) is 5.75 Å². The Morgan fingerprint density at radius 2 is 1.88 bits per heavy atom. The summed E-state index contributed by atoms with van der Waals surface area (Å²) < 4.78 is 5.50. The molecule has 0 aliphatic carbocycles. The summed E-state index contributed by atoms with van der Waals surface area (Å²) in [6.45, 7) is 4.83. The predicted molar refractivity (Wildman–Crippen MR) is 110 cm³/mol. The van der Waals surface area contributed by atoms with Crippen LogP contribution in [-0.2, 0) is 0 Å². The fourth-order valence-corrected chi connectivity index (χ4v) is 2.93. The highest BCUT2D eigenvalue weighted by molar-refractivity contribution is 7.80. The normalized spacial score (nSPS) is 11.9. The van der Waals surface area contributed by atoms with Crippen LogP contribution in [-0.4, -0.2) is 37.8 Å². The van der Waals surface area contributed by atoms with Crippen LogP contribution in [0.4, 0.5) is 5.69 Å². The van der Waals surface area contributed by atoms with Crippen LogP contribution < -0.4 is 15.4 Å². The molecule has 0 radical (unpaired) electrons. The van der Waals surface area contributed by atoms with Gasteiger partial charge in [-0.3, -0.25) is 0 Å². The number of nitrogens with zero attached hydrogens (tertiary/aromatic N) is 1. The van der Waals surface area contributed by atoms with Gasteiger partial charge >= 0.3 is 0 Å². The topological polar surface area (TPSA) is 36.5 Å². The van der Waals surface area contributed by atoms with Crippen LogP contribution in [0.3, 0.4) is 0 Å². The second-order valence-corrected chi connectivity index (χ2v) is 6.78. The van der Waals surface area contributed by atoms with E-state index in [0.717, 1.165) is 17.0 Å². The number of para-hydroxylation sites is 1. The molecule has 0 fully saturated rings. The number of likely N-dealkylation sites (N-methyl/N-ethyl adjacent to an activating group) is 1. The molecular weight excluding hydrogens is 330 g/mol. The second kappa shape index (κ2) is 8.83. The van der Waals surface area contributed by atoms with E-state index in [-0.39, 0.29) is 6.04 Å². The molecule has 0 aromatic heterocycles. The van der Waals surface area contributed by atoms with E-state index in [4.69, 9.17) is 17.0 Å². The van der Waals surface area contributed by atoms with E-state index in [1.54, 1.807) is 7.11 Å². The highest BCUT2D eigenvalue weighted by Gasteiger charge is 2.18. The number of aryl methyl sites for hydroxylation is 2. The van der Waals surface area contributed by atoms with Gasteiger partial charge < -0.3 is 20.3 Å². The third-order valence-corrected chi connectivity index (χ3v) is 4.46. The van der Waals surface area contributed by atoms with E-state index in [0.29, 0.717) is 11.7 Å². The molecule has 0 amide bonds. The van der Waals surface area contributed by atoms with Crippen molar-refractivity contribution in [2.45, 2.75) is 19.9 Å². The van der Waals surface area contributed by atoms with Gasteiger partial charge in [-0.2, -0.15) is 0 Å². The molecule has 0 unspecified atom stereocenters. The van der Waals surface area contributed by atoms with Crippen LogP contribution in [0.25, 0.3) is 0 Å². The van der Waals surface area contributed by atoms with Crippen molar-refractivity contribution in [1.29, 1.82) is 0 Å². The number of anilines is 1. The van der Waals surface area contributed by atoms with E-state index >= 15 is 0 Å². The number of benzene rings is 2. The van der Waals surface area contributed by atoms with Crippen LogP contribution in [0, 0.1) is 13.8 Å². The molecular formula is C20H27N3OS. The van der Waals surface area contributed by atoms with Gasteiger partial charge in [0.25, 0.3) is 0 Å². The van der Waals surface area contributed by atoms with Crippen LogP contribution in [0.5, 0.6) is 5.75 Å². The highest BCUT2D eigenvalue weighted by atomic mass is 32.1. The molecule has 4 nitrogen and oxygen atoms in total. The Balaban J connectivity index is 2.06. The molecule has 2 aromatic carbocycles. The van der Waals surface area contributed by atoms with Gasteiger partial charge in [0.15, 0.2) is 5.11 Å². The first-order valence-electron chi connectivity index (χ1n) is 8.33. The first-order chi connectivity index (χ1) is 11.9. The van der Waals surface area contributed by atoms with Gasteiger partial charge in [0.1, 0.15) is 5.75 Å². The number of hydrogen-bond acceptors (Lipinski definition) is 3. The lowest BCUT2D eigenvalue weighted by molar-refractivity contribution is 0.288. The van der Waals surface area contributed by atoms with Crippen molar-refractivity contribution in [1.82, 2.24) is 10.2 Å². The molecule has 0 heterocycles. The second-order valence-electron chi connectivity index (χ2n) is 6.37. The lowest BCUT2D eigenvalue weighted by atomic mass is 10.0. The zero-order valence-electron chi connectivity index (χ0n) is 15.6. The summed E-state index contributed by atoms with van der Waals surface area (Å²) in [4.78, 5) is 2.16. The lowest BCUT2D eigenvalue weighted by Gasteiger charge is -2.27. The Hall–Kier alpha value is -2.11. The fraction of sp³-hybridized carbons (Fsp3) is 0.350. The summed E-state index contributed by atoms with van der Waals surface area (Å²) in [5.74, 6) is 0.886. The zero-order chi connectivity index (χ0) is 18.4. The highest BCUT2D eigenvalue weighted by Crippen LogP contribution is 2.27. The van der Waals surface area contributed by atoms with Crippen molar-refractivity contribution in [3.63, 3.8) is 0 Å². The van der Waals surface area contributed by atoms with Crippen molar-refractivity contribution in [3.05, 3.63) is 59.2 Å². The van der Waals surface area contributed by atoms with Gasteiger partial charge in [0.2, 0.25) is 0 Å². The monoisotopic (exact) mass is 357 g/mol. The molecule has 5 heteroatoms. The molecule has 2 N–H and O–H groups in total. The Morgan fingerprint density at radius 1 is 1.16 bits per heavy atom. The van der Waals surface area contributed by atoms with Gasteiger partial charge in [-0.25, -0.2) is 0 Å². The Morgan fingerprint density at radius 3 is 2.56 bits per heavy atom. The molecule has 0 aliphatic heterocycles. The molecule has 2 rings (SSSR count). The largest absolute Gasteiger partial charge is 0.496 e. The van der Waals surface area contributed by atoms with Gasteiger partial charge in [-0.05, 0) is 63.4 Å². The molecule has 0 bridgehead atoms. The summed E-state index contributed by atoms with van der Waals surface area (Å²) in [7, 11) is 5.81. The fourth-order valence-electron chi connectivity index (χ4n) is 2.74. The van der Waals surface area contributed by atoms with E-state index in [1.165, 1.54) is 11.1 Å². The minimum absolute atomic E-state index is 0.148. The maximum atomic E-state index is 5.50. The smallest absolute Gasteiger partial charge is 0.170 e. The van der Waals surface area contributed by atoms with E-state index in [2.05, 4.69) is 67.7 Å². The SMILES string of the molecule is COc1ccccc1[C@H](CNC(=S)Nc1cc(C)ccc1C)N(C)C. The molecule has 25 heavy (non-hydrogen) atoms. The van der Waals surface area contributed by atoms with Gasteiger partial charge in [-0.15, -0.1) is 0 Å². The Labute approximate surface area is 156 Å². The minimum Gasteiger partial charge on any atom is -0.496 e. The minimum atomic E-state index is 0.148. The van der Waals surface area contributed by atoms with Crippen molar-refractivity contribution >= 4 is 23.0 Å². The van der Waals surface area contributed by atoms with E-state index in [1.807, 2.05) is 18.2 Å². The van der Waals surface area contributed by atoms with Crippen molar-refractivity contribution in [2.75, 3.05) is 33.1 Å². The number of thiocarbonyl (C=S) groups is 1. The van der Waals surface area contributed by atoms with Crippen molar-refractivity contribution < 1.29 is 4.74 Å². The summed E-state index contributed by atoms with van der Waals surface area (Å²) in [6.07, 6.45) is 0. The first kappa shape index (κ1) is 19.2. The van der Waals surface area contributed by atoms with Crippen molar-refractivity contribution in [2.24, 2.45) is 0 Å². The predicted octanol–water partition coefficient (Wildman–Crippen LogP) is 3.90. The molecule has 1 atom stereocenters. The van der Waals surface area contributed by atoms with Gasteiger partial charge in [0.05, 0.1) is 13.2 Å². The average Bonchev–Trinajstić information content (AvgIpc) is 2.58. The maximum absolute atomic E-state index is 5.50. The number of ether oxygens (including phenoxy) is 1. The van der Waals surface area contributed by atoms with Crippen LogP contribution in [0.15, 0.2) is 42.5 Å². The molecule has 0 saturated carbocycles. The summed E-state index contributed by atoms with van der Waals surface area (Å²) >= 11 is 5.48. The number of rotatable bonds is 6. The van der Waals surface area contributed by atoms with Crippen LogP contribution in [0.2, 0.25) is 0 Å². The van der Waals surface area contributed by atoms with E-state index < -0.39 is 0 Å².